The number of rotatable bonds is 2. The quantitative estimate of drug-likeness (QED) is 0.340. The molecular formula is C12H20N4. The van der Waals surface area contributed by atoms with Gasteiger partial charge in [0.2, 0.25) is 0 Å². The number of hydrogen-bond donors (Lipinski definition) is 2. The number of benzene rings is 1. The van der Waals surface area contributed by atoms with Crippen molar-refractivity contribution in [2.24, 2.45) is 5.22 Å². The van der Waals surface area contributed by atoms with Crippen LogP contribution in [0.1, 0.15) is 31.4 Å². The molecule has 0 unspecified atom stereocenters. The minimum atomic E-state index is 0.235. The van der Waals surface area contributed by atoms with Crippen molar-refractivity contribution in [3.8, 4) is 0 Å². The predicted molar refractivity (Wildman–Crippen MR) is 66.9 cm³/mol. The Morgan fingerprint density at radius 2 is 1.94 bits per heavy atom. The summed E-state index contributed by atoms with van der Waals surface area (Å²) in [6.45, 7) is 6.22. The molecule has 0 fully saturated rings. The second-order valence-electron chi connectivity index (χ2n) is 3.55. The highest BCUT2D eigenvalue weighted by Crippen LogP contribution is 2.06. The van der Waals surface area contributed by atoms with Gasteiger partial charge in [-0.15, -0.1) is 0 Å². The van der Waals surface area contributed by atoms with Crippen LogP contribution < -0.4 is 0 Å². The molecule has 0 aliphatic carbocycles. The van der Waals surface area contributed by atoms with Gasteiger partial charge in [0.1, 0.15) is 5.84 Å². The Hall–Kier alpha value is -1.71. The van der Waals surface area contributed by atoms with Gasteiger partial charge in [0, 0.05) is 12.6 Å². The van der Waals surface area contributed by atoms with E-state index in [1.807, 2.05) is 31.2 Å². The van der Waals surface area contributed by atoms with Gasteiger partial charge in [0.25, 0.3) is 0 Å². The first kappa shape index (κ1) is 14.3. The van der Waals surface area contributed by atoms with Crippen molar-refractivity contribution < 1.29 is 0 Å². The second-order valence-corrected chi connectivity index (χ2v) is 3.55. The molecule has 0 saturated heterocycles. The van der Waals surface area contributed by atoms with Gasteiger partial charge in [-0.05, 0) is 13.0 Å². The van der Waals surface area contributed by atoms with Crippen LogP contribution in [0.4, 0.5) is 0 Å². The number of amidine groups is 1. The molecule has 0 bridgehead atoms. The largest absolute Gasteiger partial charge is 0.283 e. The lowest BCUT2D eigenvalue weighted by atomic mass is 10.1. The minimum absolute atomic E-state index is 0.235. The molecule has 0 heterocycles. The fourth-order valence-corrected chi connectivity index (χ4v) is 1.03. The van der Waals surface area contributed by atoms with Crippen molar-refractivity contribution in [1.82, 2.24) is 5.01 Å². The average molecular weight is 220 g/mol. The maximum absolute atomic E-state index is 7.64. The monoisotopic (exact) mass is 220 g/mol. The van der Waals surface area contributed by atoms with Crippen LogP contribution in [0.3, 0.4) is 0 Å². The summed E-state index contributed by atoms with van der Waals surface area (Å²) in [5, 5.41) is 12.0. The number of nitrogens with one attached hydrogen (secondary N) is 2. The van der Waals surface area contributed by atoms with E-state index in [1.54, 1.807) is 7.05 Å². The molecule has 1 rings (SSSR count). The molecule has 1 aromatic carbocycles. The third-order valence-corrected chi connectivity index (χ3v) is 1.77. The lowest BCUT2D eigenvalue weighted by Gasteiger charge is -2.11. The third-order valence-electron chi connectivity index (χ3n) is 1.77. The smallest absolute Gasteiger partial charge is 0.149 e. The molecule has 16 heavy (non-hydrogen) atoms. The highest BCUT2D eigenvalue weighted by atomic mass is 15.5. The van der Waals surface area contributed by atoms with E-state index in [2.05, 4.69) is 19.1 Å². The summed E-state index contributed by atoms with van der Waals surface area (Å²) < 4.78 is 0. The Balaban J connectivity index is 0.000000673. The van der Waals surface area contributed by atoms with Crippen LogP contribution in [0.5, 0.6) is 0 Å². The Labute approximate surface area is 97.3 Å². The number of aryl methyl sites for hydroxylation is 1. The Kier molecular flexibility index (Phi) is 6.76. The van der Waals surface area contributed by atoms with E-state index in [1.165, 1.54) is 11.4 Å². The topological polar surface area (TPSA) is 63.3 Å². The molecule has 0 radical (unpaired) electrons. The van der Waals surface area contributed by atoms with Crippen molar-refractivity contribution in [3.05, 3.63) is 35.4 Å². The average Bonchev–Trinajstić information content (AvgIpc) is 2.28. The van der Waals surface area contributed by atoms with Gasteiger partial charge in [0.15, 0.2) is 0 Å². The summed E-state index contributed by atoms with van der Waals surface area (Å²) in [7, 11) is 1.58. The molecule has 0 atom stereocenters. The minimum Gasteiger partial charge on any atom is -0.283 e. The van der Waals surface area contributed by atoms with Gasteiger partial charge in [-0.3, -0.25) is 5.41 Å². The van der Waals surface area contributed by atoms with Crippen LogP contribution in [-0.2, 0) is 0 Å². The molecule has 0 aromatic heterocycles. The van der Waals surface area contributed by atoms with E-state index < -0.39 is 0 Å². The Morgan fingerprint density at radius 3 is 2.38 bits per heavy atom. The summed E-state index contributed by atoms with van der Waals surface area (Å²) in [6, 6.07) is 7.58. The van der Waals surface area contributed by atoms with E-state index >= 15 is 0 Å². The molecule has 0 aliphatic heterocycles. The van der Waals surface area contributed by atoms with Crippen molar-refractivity contribution in [3.63, 3.8) is 0 Å². The van der Waals surface area contributed by atoms with Gasteiger partial charge < -0.3 is 0 Å². The maximum atomic E-state index is 7.64. The zero-order valence-electron chi connectivity index (χ0n) is 10.4. The van der Waals surface area contributed by atoms with Gasteiger partial charge in [-0.2, -0.15) is 5.53 Å². The second kappa shape index (κ2) is 7.56. The first-order valence-corrected chi connectivity index (χ1v) is 5.33. The van der Waals surface area contributed by atoms with Crippen molar-refractivity contribution >= 4 is 5.84 Å². The lowest BCUT2D eigenvalue weighted by molar-refractivity contribution is 0.486. The summed E-state index contributed by atoms with van der Waals surface area (Å²) in [4.78, 5) is 0. The summed E-state index contributed by atoms with van der Waals surface area (Å²) in [5.41, 5.74) is 8.63. The Bertz CT molecular complexity index is 347. The molecule has 2 N–H and O–H groups in total. The zero-order valence-corrected chi connectivity index (χ0v) is 10.4. The summed E-state index contributed by atoms with van der Waals surface area (Å²) in [6.07, 6.45) is 1.25. The molecule has 1 aromatic rings. The van der Waals surface area contributed by atoms with E-state index in [4.69, 9.17) is 10.9 Å². The molecule has 0 aliphatic rings. The van der Waals surface area contributed by atoms with Crippen LogP contribution in [0.2, 0.25) is 0 Å². The van der Waals surface area contributed by atoms with Crippen LogP contribution in [-0.4, -0.2) is 17.9 Å². The SMILES string of the molecule is CCC.Cc1cccc(C(=N)N(C)N=N)c1. The first-order valence-electron chi connectivity index (χ1n) is 5.33. The standard InChI is InChI=1S/C9H12N4.C3H8/c1-7-4-3-5-8(6-7)9(10)13(2)12-11;1-3-2/h3-6,10-11H,1-2H3;3H2,1-2H3. The molecule has 88 valence electrons. The van der Waals surface area contributed by atoms with Crippen LogP contribution in [0, 0.1) is 17.9 Å². The van der Waals surface area contributed by atoms with Crippen molar-refractivity contribution in [2.45, 2.75) is 27.2 Å². The molecule has 0 saturated carbocycles. The van der Waals surface area contributed by atoms with Gasteiger partial charge in [0.05, 0.1) is 0 Å². The van der Waals surface area contributed by atoms with Crippen molar-refractivity contribution in [1.29, 1.82) is 10.9 Å². The van der Waals surface area contributed by atoms with Gasteiger partial charge >= 0.3 is 0 Å². The fraction of sp³-hybridized carbons (Fsp3) is 0.417. The summed E-state index contributed by atoms with van der Waals surface area (Å²) in [5.74, 6) is 0.235. The highest BCUT2D eigenvalue weighted by molar-refractivity contribution is 5.95. The molecule has 0 spiro atoms. The number of hydrogen-bond acceptors (Lipinski definition) is 3. The molecular weight excluding hydrogens is 200 g/mol. The Morgan fingerprint density at radius 1 is 1.38 bits per heavy atom. The van der Waals surface area contributed by atoms with Crippen LogP contribution in [0.15, 0.2) is 29.5 Å². The summed E-state index contributed by atoms with van der Waals surface area (Å²) >= 11 is 0. The zero-order chi connectivity index (χ0) is 12.6. The van der Waals surface area contributed by atoms with E-state index in [0.717, 1.165) is 11.1 Å². The molecule has 4 heteroatoms. The van der Waals surface area contributed by atoms with Crippen LogP contribution >= 0.6 is 0 Å². The van der Waals surface area contributed by atoms with E-state index in [9.17, 15) is 0 Å². The lowest BCUT2D eigenvalue weighted by Crippen LogP contribution is -2.20. The van der Waals surface area contributed by atoms with E-state index in [0.29, 0.717) is 0 Å². The predicted octanol–water partition coefficient (Wildman–Crippen LogP) is 3.61. The number of nitrogens with zero attached hydrogens (tertiary/aromatic N) is 2. The normalized spacial score (nSPS) is 8.75. The van der Waals surface area contributed by atoms with Gasteiger partial charge in [-0.25, -0.2) is 5.01 Å². The maximum Gasteiger partial charge on any atom is 0.149 e. The van der Waals surface area contributed by atoms with Crippen molar-refractivity contribution in [2.75, 3.05) is 7.05 Å². The highest BCUT2D eigenvalue weighted by Gasteiger charge is 2.05. The van der Waals surface area contributed by atoms with E-state index in [-0.39, 0.29) is 5.84 Å². The molecule has 4 nitrogen and oxygen atoms in total. The fourth-order valence-electron chi connectivity index (χ4n) is 1.03. The van der Waals surface area contributed by atoms with Crippen LogP contribution in [0.25, 0.3) is 0 Å². The first-order chi connectivity index (χ1) is 7.56. The van der Waals surface area contributed by atoms with Gasteiger partial charge in [-0.1, -0.05) is 49.3 Å². The molecule has 0 amide bonds. The third kappa shape index (κ3) is 4.68.